The Labute approximate surface area is 156 Å². The summed E-state index contributed by atoms with van der Waals surface area (Å²) in [5.74, 6) is 1.42. The SMILES string of the molecule is NC1CC2CCCC(C1)C2NC(=O)C1CCN(C(=O)N2CCCC2)CC1. The van der Waals surface area contributed by atoms with Crippen LogP contribution in [-0.4, -0.2) is 60.0 Å². The summed E-state index contributed by atoms with van der Waals surface area (Å²) in [4.78, 5) is 29.3. The molecule has 2 saturated heterocycles. The van der Waals surface area contributed by atoms with Gasteiger partial charge >= 0.3 is 6.03 Å². The lowest BCUT2D eigenvalue weighted by atomic mass is 9.67. The highest BCUT2D eigenvalue weighted by atomic mass is 16.2. The molecule has 4 fully saturated rings. The minimum atomic E-state index is 0.0638. The number of fused-ring (bicyclic) bond motifs is 2. The third-order valence-electron chi connectivity index (χ3n) is 7.20. The number of rotatable bonds is 2. The lowest BCUT2D eigenvalue weighted by Gasteiger charge is -2.45. The van der Waals surface area contributed by atoms with Crippen molar-refractivity contribution in [2.24, 2.45) is 23.5 Å². The van der Waals surface area contributed by atoms with Crippen LogP contribution in [0, 0.1) is 17.8 Å². The van der Waals surface area contributed by atoms with Gasteiger partial charge in [0.2, 0.25) is 5.91 Å². The summed E-state index contributed by atoms with van der Waals surface area (Å²) in [6, 6.07) is 0.829. The average Bonchev–Trinajstić information content (AvgIpc) is 3.16. The van der Waals surface area contributed by atoms with E-state index in [9.17, 15) is 9.59 Å². The molecule has 2 bridgehead atoms. The van der Waals surface area contributed by atoms with Gasteiger partial charge in [0.1, 0.15) is 0 Å². The van der Waals surface area contributed by atoms with Crippen LogP contribution < -0.4 is 11.1 Å². The van der Waals surface area contributed by atoms with Crippen molar-refractivity contribution in [2.75, 3.05) is 26.2 Å². The maximum atomic E-state index is 12.9. The molecule has 0 aromatic rings. The van der Waals surface area contributed by atoms with Crippen molar-refractivity contribution >= 4 is 11.9 Å². The van der Waals surface area contributed by atoms with Gasteiger partial charge in [-0.05, 0) is 63.2 Å². The first-order valence-electron chi connectivity index (χ1n) is 10.7. The molecule has 4 aliphatic rings. The molecule has 4 rings (SSSR count). The number of hydrogen-bond donors (Lipinski definition) is 2. The first kappa shape index (κ1) is 18.1. The van der Waals surface area contributed by atoms with Crippen molar-refractivity contribution in [2.45, 2.75) is 69.9 Å². The smallest absolute Gasteiger partial charge is 0.319 e. The summed E-state index contributed by atoms with van der Waals surface area (Å²) in [7, 11) is 0. The molecule has 6 nitrogen and oxygen atoms in total. The molecule has 26 heavy (non-hydrogen) atoms. The van der Waals surface area contributed by atoms with Crippen LogP contribution in [0.2, 0.25) is 0 Å². The van der Waals surface area contributed by atoms with Crippen LogP contribution in [0.1, 0.15) is 57.8 Å². The van der Waals surface area contributed by atoms with Gasteiger partial charge in [0, 0.05) is 44.2 Å². The number of carbonyl (C=O) groups is 2. The lowest BCUT2D eigenvalue weighted by molar-refractivity contribution is -0.128. The van der Waals surface area contributed by atoms with E-state index in [2.05, 4.69) is 5.32 Å². The van der Waals surface area contributed by atoms with Crippen LogP contribution in [0.25, 0.3) is 0 Å². The highest BCUT2D eigenvalue weighted by Crippen LogP contribution is 2.40. The molecule has 2 saturated carbocycles. The fraction of sp³-hybridized carbons (Fsp3) is 0.900. The molecular weight excluding hydrogens is 328 g/mol. The summed E-state index contributed by atoms with van der Waals surface area (Å²) in [6.45, 7) is 3.23. The van der Waals surface area contributed by atoms with Crippen molar-refractivity contribution in [3.63, 3.8) is 0 Å². The number of piperidine rings is 1. The molecule has 2 aliphatic heterocycles. The van der Waals surface area contributed by atoms with Crippen molar-refractivity contribution in [3.05, 3.63) is 0 Å². The van der Waals surface area contributed by atoms with E-state index in [1.165, 1.54) is 19.3 Å². The van der Waals surface area contributed by atoms with Crippen LogP contribution >= 0.6 is 0 Å². The highest BCUT2D eigenvalue weighted by Gasteiger charge is 2.41. The van der Waals surface area contributed by atoms with E-state index in [0.29, 0.717) is 23.9 Å². The molecule has 0 spiro atoms. The fourth-order valence-electron chi connectivity index (χ4n) is 5.75. The second kappa shape index (κ2) is 7.75. The number of amides is 3. The minimum Gasteiger partial charge on any atom is -0.353 e. The largest absolute Gasteiger partial charge is 0.353 e. The molecule has 2 unspecified atom stereocenters. The molecular formula is C20H34N4O2. The van der Waals surface area contributed by atoms with E-state index in [-0.39, 0.29) is 17.9 Å². The number of nitrogens with zero attached hydrogens (tertiary/aromatic N) is 2. The van der Waals surface area contributed by atoms with Crippen molar-refractivity contribution in [1.29, 1.82) is 0 Å². The Morgan fingerprint density at radius 3 is 2.00 bits per heavy atom. The maximum absolute atomic E-state index is 12.9. The monoisotopic (exact) mass is 362 g/mol. The predicted octanol–water partition coefficient (Wildman–Crippen LogP) is 1.94. The van der Waals surface area contributed by atoms with Gasteiger partial charge in [-0.25, -0.2) is 4.79 Å². The van der Waals surface area contributed by atoms with Crippen molar-refractivity contribution in [1.82, 2.24) is 15.1 Å². The summed E-state index contributed by atoms with van der Waals surface area (Å²) in [6.07, 6.45) is 9.66. The Bertz CT molecular complexity index is 512. The van der Waals surface area contributed by atoms with Gasteiger partial charge in [-0.15, -0.1) is 0 Å². The molecule has 0 aromatic carbocycles. The number of nitrogens with one attached hydrogen (secondary N) is 1. The summed E-state index contributed by atoms with van der Waals surface area (Å²) in [5.41, 5.74) is 6.20. The van der Waals surface area contributed by atoms with E-state index in [1.807, 2.05) is 9.80 Å². The molecule has 2 atom stereocenters. The van der Waals surface area contributed by atoms with E-state index in [4.69, 9.17) is 5.73 Å². The average molecular weight is 363 g/mol. The Morgan fingerprint density at radius 2 is 1.38 bits per heavy atom. The van der Waals surface area contributed by atoms with Crippen molar-refractivity contribution < 1.29 is 9.59 Å². The Balaban J connectivity index is 1.28. The second-order valence-corrected chi connectivity index (χ2v) is 8.95. The maximum Gasteiger partial charge on any atom is 0.319 e. The predicted molar refractivity (Wildman–Crippen MR) is 100 cm³/mol. The van der Waals surface area contributed by atoms with E-state index < -0.39 is 0 Å². The quantitative estimate of drug-likeness (QED) is 0.788. The molecule has 0 aromatic heterocycles. The molecule has 6 heteroatoms. The number of nitrogens with two attached hydrogens (primary N) is 1. The van der Waals surface area contributed by atoms with Crippen LogP contribution in [-0.2, 0) is 4.79 Å². The van der Waals surface area contributed by atoms with Gasteiger partial charge in [-0.2, -0.15) is 0 Å². The molecule has 3 amide bonds. The zero-order valence-electron chi connectivity index (χ0n) is 15.9. The standard InChI is InChI=1S/C20H34N4O2/c21-17-12-15-4-3-5-16(13-17)18(15)22-19(25)14-6-10-24(11-7-14)20(26)23-8-1-2-9-23/h14-18H,1-13,21H2,(H,22,25). The van der Waals surface area contributed by atoms with Gasteiger partial charge in [-0.1, -0.05) is 6.42 Å². The fourth-order valence-corrected chi connectivity index (χ4v) is 5.75. The van der Waals surface area contributed by atoms with Crippen LogP contribution in [0.4, 0.5) is 4.79 Å². The lowest BCUT2D eigenvalue weighted by Crippen LogP contribution is -2.55. The van der Waals surface area contributed by atoms with E-state index in [1.54, 1.807) is 0 Å². The normalized spacial score (nSPS) is 35.4. The highest BCUT2D eigenvalue weighted by molar-refractivity contribution is 5.80. The summed E-state index contributed by atoms with van der Waals surface area (Å²) < 4.78 is 0. The summed E-state index contributed by atoms with van der Waals surface area (Å²) >= 11 is 0. The van der Waals surface area contributed by atoms with Crippen molar-refractivity contribution in [3.8, 4) is 0 Å². The number of likely N-dealkylation sites (tertiary alicyclic amines) is 2. The third kappa shape index (κ3) is 3.71. The van der Waals surface area contributed by atoms with Gasteiger partial charge in [0.25, 0.3) is 0 Å². The molecule has 2 heterocycles. The van der Waals surface area contributed by atoms with E-state index in [0.717, 1.165) is 64.7 Å². The van der Waals surface area contributed by atoms with Crippen LogP contribution in [0.3, 0.4) is 0 Å². The van der Waals surface area contributed by atoms with Crippen LogP contribution in [0.15, 0.2) is 0 Å². The van der Waals surface area contributed by atoms with Gasteiger partial charge in [0.05, 0.1) is 0 Å². The van der Waals surface area contributed by atoms with Gasteiger partial charge < -0.3 is 20.9 Å². The number of urea groups is 1. The second-order valence-electron chi connectivity index (χ2n) is 8.95. The van der Waals surface area contributed by atoms with Crippen LogP contribution in [0.5, 0.6) is 0 Å². The molecule has 146 valence electrons. The molecule has 3 N–H and O–H groups in total. The topological polar surface area (TPSA) is 78.7 Å². The van der Waals surface area contributed by atoms with Gasteiger partial charge in [-0.3, -0.25) is 4.79 Å². The Hall–Kier alpha value is -1.30. The first-order valence-corrected chi connectivity index (χ1v) is 10.7. The zero-order chi connectivity index (χ0) is 18.1. The summed E-state index contributed by atoms with van der Waals surface area (Å²) in [5, 5.41) is 3.40. The molecule has 2 aliphatic carbocycles. The number of hydrogen-bond acceptors (Lipinski definition) is 3. The number of carbonyl (C=O) groups excluding carboxylic acids is 2. The Kier molecular flexibility index (Phi) is 5.39. The van der Waals surface area contributed by atoms with Gasteiger partial charge in [0.15, 0.2) is 0 Å². The third-order valence-corrected chi connectivity index (χ3v) is 7.20. The van der Waals surface area contributed by atoms with E-state index >= 15 is 0 Å². The minimum absolute atomic E-state index is 0.0638. The zero-order valence-corrected chi connectivity index (χ0v) is 15.9. The first-order chi connectivity index (χ1) is 12.6. The Morgan fingerprint density at radius 1 is 0.808 bits per heavy atom. The molecule has 0 radical (unpaired) electrons.